The summed E-state index contributed by atoms with van der Waals surface area (Å²) in [5.74, 6) is -1.88. The number of halogens is 2. The number of hydrogen-bond acceptors (Lipinski definition) is 9. The number of carbonyl (C=O) groups excluding carboxylic acids is 1. The minimum absolute atomic E-state index is 0.0255. The summed E-state index contributed by atoms with van der Waals surface area (Å²) < 4.78 is 17.1. The number of anilines is 3. The first kappa shape index (κ1) is 33.8. The monoisotopic (exact) mass is 708 g/mol. The molecular weight excluding hydrogens is 675 g/mol. The van der Waals surface area contributed by atoms with Crippen molar-refractivity contribution < 1.29 is 19.1 Å². The fourth-order valence-corrected chi connectivity index (χ4v) is 6.71. The summed E-state index contributed by atoms with van der Waals surface area (Å²) in [6.45, 7) is 6.45. The van der Waals surface area contributed by atoms with E-state index in [1.165, 1.54) is 6.20 Å². The van der Waals surface area contributed by atoms with Crippen LogP contribution in [0.3, 0.4) is 0 Å². The lowest BCUT2D eigenvalue weighted by atomic mass is 10.1. The minimum atomic E-state index is -1.35. The highest BCUT2D eigenvalue weighted by Gasteiger charge is 2.36. The first-order valence-electron chi connectivity index (χ1n) is 16.5. The Kier molecular flexibility index (Phi) is 9.00. The Morgan fingerprint density at radius 2 is 1.78 bits per heavy atom. The number of pyridine rings is 1. The van der Waals surface area contributed by atoms with Gasteiger partial charge >= 0.3 is 5.97 Å². The second-order valence-corrected chi connectivity index (χ2v) is 13.1. The fraction of sp³-hybridized carbons (Fsp3) is 0.243. The zero-order chi connectivity index (χ0) is 36.0. The highest BCUT2D eigenvalue weighted by Crippen LogP contribution is 2.33. The number of carbonyl (C=O) groups is 2. The lowest BCUT2D eigenvalue weighted by Crippen LogP contribution is -2.51. The molecule has 2 aliphatic heterocycles. The number of nitrogen functional groups attached to an aromatic ring is 1. The molecule has 4 heterocycles. The Hall–Kier alpha value is -5.66. The molecule has 12 nitrogen and oxygen atoms in total. The highest BCUT2D eigenvalue weighted by molar-refractivity contribution is 6.54. The molecule has 260 valence electrons. The molecule has 0 bridgehead atoms. The molecule has 1 fully saturated rings. The van der Waals surface area contributed by atoms with Crippen molar-refractivity contribution in [3.63, 3.8) is 0 Å². The molecule has 7 rings (SSSR count). The molecule has 1 saturated heterocycles. The lowest BCUT2D eigenvalue weighted by Gasteiger charge is -2.38. The van der Waals surface area contributed by atoms with E-state index in [-0.39, 0.29) is 28.8 Å². The molecule has 5 aromatic rings. The van der Waals surface area contributed by atoms with Crippen molar-refractivity contribution >= 4 is 63.2 Å². The second-order valence-electron chi connectivity index (χ2n) is 12.6. The predicted octanol–water partition coefficient (Wildman–Crippen LogP) is 5.03. The number of nitrogens with two attached hydrogens (primary N) is 1. The Bertz CT molecular complexity index is 2300. The average molecular weight is 709 g/mol. The summed E-state index contributed by atoms with van der Waals surface area (Å²) in [6.07, 6.45) is 3.44. The summed E-state index contributed by atoms with van der Waals surface area (Å²) in [5.41, 5.74) is 10.3. The van der Waals surface area contributed by atoms with Crippen LogP contribution in [0.1, 0.15) is 39.5 Å². The topological polar surface area (TPSA) is 150 Å². The van der Waals surface area contributed by atoms with Gasteiger partial charge in [-0.2, -0.15) is 4.98 Å². The number of nitrogens with zero attached hydrogens (tertiary/aromatic N) is 7. The number of rotatable bonds is 8. The number of carboxylic acids is 1. The van der Waals surface area contributed by atoms with E-state index in [1.54, 1.807) is 21.7 Å². The molecule has 1 amide bonds. The smallest absolute Gasteiger partial charge is 0.341 e. The molecule has 0 atom stereocenters. The van der Waals surface area contributed by atoms with Gasteiger partial charge in [-0.15, -0.1) is 0 Å². The Morgan fingerprint density at radius 3 is 2.47 bits per heavy atom. The van der Waals surface area contributed by atoms with E-state index in [9.17, 15) is 19.5 Å². The Balaban J connectivity index is 1.09. The number of hydrogen-bond donors (Lipinski definition) is 2. The second kappa shape index (κ2) is 13.6. The number of carboxylic acid groups (broad SMARTS) is 1. The van der Waals surface area contributed by atoms with Gasteiger partial charge < -0.3 is 20.3 Å². The van der Waals surface area contributed by atoms with Crippen molar-refractivity contribution in [3.05, 3.63) is 116 Å². The van der Waals surface area contributed by atoms with Gasteiger partial charge in [0.1, 0.15) is 22.9 Å². The molecule has 51 heavy (non-hydrogen) atoms. The van der Waals surface area contributed by atoms with Gasteiger partial charge in [0, 0.05) is 73.1 Å². The van der Waals surface area contributed by atoms with Crippen LogP contribution in [0, 0.1) is 12.7 Å². The summed E-state index contributed by atoms with van der Waals surface area (Å²) in [7, 11) is 0. The number of benzene rings is 3. The van der Waals surface area contributed by atoms with Crippen molar-refractivity contribution in [3.8, 4) is 0 Å². The van der Waals surface area contributed by atoms with E-state index >= 15 is 4.39 Å². The van der Waals surface area contributed by atoms with Gasteiger partial charge in [0.2, 0.25) is 5.43 Å². The van der Waals surface area contributed by atoms with Gasteiger partial charge in [-0.25, -0.2) is 19.2 Å². The Labute approximate surface area is 297 Å². The fourth-order valence-electron chi connectivity index (χ4n) is 6.58. The molecule has 0 spiro atoms. The number of aryl methyl sites for hydroxylation is 2. The molecule has 14 heteroatoms. The molecule has 0 unspecified atom stereocenters. The van der Waals surface area contributed by atoms with Crippen LogP contribution in [0.25, 0.3) is 10.9 Å². The molecule has 2 aromatic heterocycles. The molecule has 3 aromatic carbocycles. The molecule has 0 radical (unpaired) electrons. The minimum Gasteiger partial charge on any atom is -0.477 e. The Morgan fingerprint density at radius 1 is 1.04 bits per heavy atom. The SMILES string of the molecule is CCn1cc(C(=O)O)c(=O)c2cc(F)c(N3CCN(CN4C(=O)/C(=N\c5ncc(Cc6ccc(Cl)cc6)c(N)n5)c5cc(C)ccc54)CC3)cc21. The van der Waals surface area contributed by atoms with E-state index in [0.717, 1.165) is 28.4 Å². The van der Waals surface area contributed by atoms with Crippen LogP contribution in [0.15, 0.2) is 76.8 Å². The summed E-state index contributed by atoms with van der Waals surface area (Å²) in [6, 6.07) is 15.9. The number of amides is 1. The third-order valence-electron chi connectivity index (χ3n) is 9.32. The van der Waals surface area contributed by atoms with E-state index in [2.05, 4.69) is 19.9 Å². The van der Waals surface area contributed by atoms with Crippen LogP contribution < -0.4 is 21.0 Å². The molecular formula is C37H34ClFN8O4. The number of fused-ring (bicyclic) bond motifs is 2. The van der Waals surface area contributed by atoms with Gasteiger partial charge in [-0.05, 0) is 55.8 Å². The quantitative estimate of drug-likeness (QED) is 0.226. The number of aliphatic imine (C=N–C) groups is 1. The predicted molar refractivity (Wildman–Crippen MR) is 195 cm³/mol. The number of aromatic nitrogens is 3. The zero-order valence-electron chi connectivity index (χ0n) is 27.9. The van der Waals surface area contributed by atoms with Gasteiger partial charge in [-0.1, -0.05) is 35.4 Å². The third kappa shape index (κ3) is 6.53. The summed E-state index contributed by atoms with van der Waals surface area (Å²) in [5, 5.41) is 10.1. The zero-order valence-corrected chi connectivity index (χ0v) is 28.7. The van der Waals surface area contributed by atoms with Crippen molar-refractivity contribution in [2.24, 2.45) is 4.99 Å². The molecule has 3 N–H and O–H groups in total. The van der Waals surface area contributed by atoms with Crippen LogP contribution in [0.5, 0.6) is 0 Å². The van der Waals surface area contributed by atoms with Crippen molar-refractivity contribution in [2.75, 3.05) is 48.4 Å². The van der Waals surface area contributed by atoms with Crippen LogP contribution in [0.2, 0.25) is 5.02 Å². The maximum atomic E-state index is 15.5. The average Bonchev–Trinajstić information content (AvgIpc) is 3.35. The highest BCUT2D eigenvalue weighted by atomic mass is 35.5. The molecule has 0 aliphatic carbocycles. The number of aromatic carboxylic acids is 1. The van der Waals surface area contributed by atoms with Gasteiger partial charge in [-0.3, -0.25) is 19.4 Å². The van der Waals surface area contributed by atoms with Crippen molar-refractivity contribution in [1.29, 1.82) is 0 Å². The molecule has 2 aliphatic rings. The first-order valence-corrected chi connectivity index (χ1v) is 16.8. The van der Waals surface area contributed by atoms with Gasteiger partial charge in [0.15, 0.2) is 0 Å². The van der Waals surface area contributed by atoms with Crippen molar-refractivity contribution in [1.82, 2.24) is 19.4 Å². The molecule has 0 saturated carbocycles. The largest absolute Gasteiger partial charge is 0.477 e. The lowest BCUT2D eigenvalue weighted by molar-refractivity contribution is -0.112. The van der Waals surface area contributed by atoms with Crippen molar-refractivity contribution in [2.45, 2.75) is 26.8 Å². The van der Waals surface area contributed by atoms with Crippen LogP contribution in [-0.4, -0.2) is 75.0 Å². The van der Waals surface area contributed by atoms with E-state index < -0.39 is 22.8 Å². The maximum absolute atomic E-state index is 15.5. The third-order valence-corrected chi connectivity index (χ3v) is 9.58. The van der Waals surface area contributed by atoms with E-state index in [0.29, 0.717) is 67.6 Å². The van der Waals surface area contributed by atoms with Crippen LogP contribution in [-0.2, 0) is 17.8 Å². The van der Waals surface area contributed by atoms with Gasteiger partial charge in [0.25, 0.3) is 11.9 Å². The maximum Gasteiger partial charge on any atom is 0.341 e. The van der Waals surface area contributed by atoms with Crippen LogP contribution in [0.4, 0.5) is 27.5 Å². The summed E-state index contributed by atoms with van der Waals surface area (Å²) in [4.78, 5) is 57.4. The summed E-state index contributed by atoms with van der Waals surface area (Å²) >= 11 is 6.01. The van der Waals surface area contributed by atoms with Crippen LogP contribution >= 0.6 is 11.6 Å². The normalized spacial score (nSPS) is 15.6. The van der Waals surface area contributed by atoms with Gasteiger partial charge in [0.05, 0.1) is 23.6 Å². The van der Waals surface area contributed by atoms with E-state index in [1.807, 2.05) is 61.2 Å². The standard InChI is InChI=1S/C37H34ClFN8O4/c1-3-45-19-27(36(50)51)33(48)26-16-28(39)31(17-30(26)45)46-12-10-44(11-13-46)20-47-29-9-4-21(2)14-25(29)32(35(47)49)42-37-41-18-23(34(40)43-37)15-22-5-7-24(38)8-6-22/h4-9,14,16-19H,3,10-13,15,20H2,1-2H3,(H,50,51)(H2,40,41,43)/b42-32-. The van der Waals surface area contributed by atoms with E-state index in [4.69, 9.17) is 17.3 Å². The first-order chi connectivity index (χ1) is 24.5. The number of piperazine rings is 1.